The first kappa shape index (κ1) is 18.2. The van der Waals surface area contributed by atoms with Gasteiger partial charge in [0.1, 0.15) is 0 Å². The summed E-state index contributed by atoms with van der Waals surface area (Å²) in [6.07, 6.45) is -3.60. The fraction of sp³-hybridized carbons (Fsp3) is 0.875. The van der Waals surface area contributed by atoms with Crippen molar-refractivity contribution in [2.24, 2.45) is 16.6 Å². The molecule has 1 fully saturated rings. The van der Waals surface area contributed by atoms with E-state index in [1.807, 2.05) is 0 Å². The Morgan fingerprint density at radius 3 is 2.38 bits per heavy atom. The molecule has 1 heterocycles. The summed E-state index contributed by atoms with van der Waals surface area (Å²) in [6.45, 7) is 0.833. The van der Waals surface area contributed by atoms with Crippen molar-refractivity contribution in [3.63, 3.8) is 0 Å². The molecule has 0 aromatic heterocycles. The van der Waals surface area contributed by atoms with Crippen molar-refractivity contribution in [1.82, 2.24) is 5.32 Å². The van der Waals surface area contributed by atoms with Crippen LogP contribution >= 0.6 is 24.8 Å². The first-order valence-corrected chi connectivity index (χ1v) is 4.58. The third-order valence-corrected chi connectivity index (χ3v) is 2.18. The van der Waals surface area contributed by atoms with Crippen molar-refractivity contribution in [2.45, 2.75) is 19.0 Å². The summed E-state index contributed by atoms with van der Waals surface area (Å²) in [7, 11) is 0. The molecule has 0 amide bonds. The van der Waals surface area contributed by atoms with Crippen molar-refractivity contribution in [1.29, 1.82) is 0 Å². The normalized spacial score (nSPS) is 23.0. The van der Waals surface area contributed by atoms with Gasteiger partial charge >= 0.3 is 6.18 Å². The summed E-state index contributed by atoms with van der Waals surface area (Å²) in [5, 5.41) is 2.68. The zero-order valence-electron chi connectivity index (χ0n) is 8.59. The highest BCUT2D eigenvalue weighted by atomic mass is 35.5. The Morgan fingerprint density at radius 2 is 2.00 bits per heavy atom. The zero-order chi connectivity index (χ0) is 10.6. The van der Waals surface area contributed by atoms with Crippen LogP contribution in [0.1, 0.15) is 12.8 Å². The predicted molar refractivity (Wildman–Crippen MR) is 62.6 cm³/mol. The number of halogens is 5. The number of nitrogens with zero attached hydrogens (tertiary/aromatic N) is 1. The lowest BCUT2D eigenvalue weighted by molar-refractivity contribution is -0.175. The van der Waals surface area contributed by atoms with Crippen molar-refractivity contribution in [3.8, 4) is 0 Å². The molecular formula is C8H16Cl2F3N3. The van der Waals surface area contributed by atoms with Gasteiger partial charge in [-0.1, -0.05) is 0 Å². The predicted octanol–water partition coefficient (Wildman–Crippen LogP) is 1.75. The van der Waals surface area contributed by atoms with Crippen molar-refractivity contribution in [2.75, 3.05) is 19.6 Å². The lowest BCUT2D eigenvalue weighted by atomic mass is 9.98. The Labute approximate surface area is 105 Å². The smallest absolute Gasteiger partial charge is 0.373 e. The van der Waals surface area contributed by atoms with Crippen LogP contribution in [0, 0.1) is 5.92 Å². The molecule has 1 saturated heterocycles. The summed E-state index contributed by atoms with van der Waals surface area (Å²) in [5.74, 6) is -0.588. The van der Waals surface area contributed by atoms with Crippen molar-refractivity contribution < 1.29 is 13.2 Å². The first-order chi connectivity index (χ1) is 6.54. The van der Waals surface area contributed by atoms with E-state index in [-0.39, 0.29) is 37.8 Å². The van der Waals surface area contributed by atoms with E-state index in [1.54, 1.807) is 0 Å². The molecule has 8 heteroatoms. The number of hydrogen-bond donors (Lipinski definition) is 2. The van der Waals surface area contributed by atoms with Crippen molar-refractivity contribution >= 4 is 30.6 Å². The zero-order valence-corrected chi connectivity index (χ0v) is 10.2. The number of nitrogens with two attached hydrogens (primary N) is 1. The monoisotopic (exact) mass is 281 g/mol. The number of hydrogen-bond acceptors (Lipinski definition) is 2. The minimum Gasteiger partial charge on any atom is -0.373 e. The molecule has 0 aliphatic carbocycles. The summed E-state index contributed by atoms with van der Waals surface area (Å²) in [5.41, 5.74) is 5.23. The van der Waals surface area contributed by atoms with Gasteiger partial charge in [-0.15, -0.1) is 24.8 Å². The Balaban J connectivity index is 0. The van der Waals surface area contributed by atoms with E-state index in [0.29, 0.717) is 25.3 Å². The van der Waals surface area contributed by atoms with Gasteiger partial charge in [0.25, 0.3) is 0 Å². The first-order valence-electron chi connectivity index (χ1n) is 4.58. The molecule has 0 aromatic carbocycles. The highest BCUT2D eigenvalue weighted by Gasteiger charge is 2.40. The molecular weight excluding hydrogens is 266 g/mol. The van der Waals surface area contributed by atoms with E-state index in [4.69, 9.17) is 5.73 Å². The van der Waals surface area contributed by atoms with Crippen LogP contribution in [0.4, 0.5) is 13.2 Å². The van der Waals surface area contributed by atoms with Crippen LogP contribution in [0.5, 0.6) is 0 Å². The number of aliphatic imine (C=N–C) groups is 1. The molecule has 0 spiro atoms. The van der Waals surface area contributed by atoms with Gasteiger partial charge in [-0.3, -0.25) is 4.99 Å². The summed E-state index contributed by atoms with van der Waals surface area (Å²) in [4.78, 5) is 4.03. The minimum absolute atomic E-state index is 0. The molecule has 98 valence electrons. The molecule has 0 saturated carbocycles. The molecule has 0 radical (unpaired) electrons. The third-order valence-electron chi connectivity index (χ3n) is 2.18. The van der Waals surface area contributed by atoms with E-state index < -0.39 is 12.1 Å². The fourth-order valence-electron chi connectivity index (χ4n) is 1.36. The van der Waals surface area contributed by atoms with Gasteiger partial charge in [0, 0.05) is 19.5 Å². The van der Waals surface area contributed by atoms with Crippen molar-refractivity contribution in [3.05, 3.63) is 0 Å². The number of rotatable bonds is 2. The van der Waals surface area contributed by atoms with Gasteiger partial charge in [0.2, 0.25) is 0 Å². The Hall–Kier alpha value is -0.200. The molecule has 1 aliphatic rings. The van der Waals surface area contributed by atoms with E-state index in [9.17, 15) is 13.2 Å². The number of alkyl halides is 3. The number of amidine groups is 1. The molecule has 1 rings (SSSR count). The second kappa shape index (κ2) is 7.97. The quantitative estimate of drug-likeness (QED) is 0.810. The Kier molecular flexibility index (Phi) is 9.06. The molecule has 1 atom stereocenters. The third kappa shape index (κ3) is 5.77. The van der Waals surface area contributed by atoms with Gasteiger partial charge in [0.05, 0.1) is 18.3 Å². The van der Waals surface area contributed by atoms with Crippen LogP contribution in [0.3, 0.4) is 0 Å². The lowest BCUT2D eigenvalue weighted by Gasteiger charge is -2.26. The van der Waals surface area contributed by atoms with Gasteiger partial charge in [-0.2, -0.15) is 13.2 Å². The van der Waals surface area contributed by atoms with Crippen LogP contribution in [0.2, 0.25) is 0 Å². The summed E-state index contributed by atoms with van der Waals surface area (Å²) >= 11 is 0. The van der Waals surface area contributed by atoms with Crippen LogP contribution in [-0.4, -0.2) is 31.6 Å². The maximum Gasteiger partial charge on any atom is 0.393 e. The summed E-state index contributed by atoms with van der Waals surface area (Å²) in [6, 6.07) is 0. The van der Waals surface area contributed by atoms with Gasteiger partial charge in [-0.05, 0) is 6.42 Å². The topological polar surface area (TPSA) is 50.4 Å². The van der Waals surface area contributed by atoms with Crippen LogP contribution in [-0.2, 0) is 0 Å². The van der Waals surface area contributed by atoms with Gasteiger partial charge in [-0.25, -0.2) is 0 Å². The highest BCUT2D eigenvalue weighted by Crippen LogP contribution is 2.30. The lowest BCUT2D eigenvalue weighted by Crippen LogP contribution is -2.41. The van der Waals surface area contributed by atoms with Crippen LogP contribution in [0.15, 0.2) is 4.99 Å². The largest absolute Gasteiger partial charge is 0.393 e. The molecule has 16 heavy (non-hydrogen) atoms. The second-order valence-corrected chi connectivity index (χ2v) is 3.28. The average molecular weight is 282 g/mol. The second-order valence-electron chi connectivity index (χ2n) is 3.28. The highest BCUT2D eigenvalue weighted by molar-refractivity contribution is 5.85. The molecule has 3 nitrogen and oxygen atoms in total. The van der Waals surface area contributed by atoms with Gasteiger partial charge < -0.3 is 11.1 Å². The Morgan fingerprint density at radius 1 is 1.38 bits per heavy atom. The van der Waals surface area contributed by atoms with Crippen LogP contribution < -0.4 is 11.1 Å². The summed E-state index contributed by atoms with van der Waals surface area (Å²) < 4.78 is 36.7. The number of piperidine rings is 1. The molecule has 1 unspecified atom stereocenters. The average Bonchev–Trinajstić information content (AvgIpc) is 2.14. The maximum atomic E-state index is 12.2. The molecule has 3 N–H and O–H groups in total. The number of nitrogens with one attached hydrogen (secondary N) is 1. The fourth-order valence-corrected chi connectivity index (χ4v) is 1.36. The molecule has 1 aliphatic heterocycles. The minimum atomic E-state index is -4.09. The maximum absolute atomic E-state index is 12.2. The van der Waals surface area contributed by atoms with E-state index in [0.717, 1.165) is 0 Å². The molecule has 0 bridgehead atoms. The molecule has 0 aromatic rings. The van der Waals surface area contributed by atoms with Gasteiger partial charge in [0.15, 0.2) is 0 Å². The van der Waals surface area contributed by atoms with E-state index >= 15 is 0 Å². The van der Waals surface area contributed by atoms with E-state index in [1.165, 1.54) is 0 Å². The Bertz CT molecular complexity index is 211. The standard InChI is InChI=1S/C8H14F3N3.2ClH/c9-8(10,11)6-1-2-7(14-5-6)13-4-3-12;;/h6H,1-5,12H2,(H,13,14);2*1H. The van der Waals surface area contributed by atoms with Crippen LogP contribution in [0.25, 0.3) is 0 Å². The SMILES string of the molecule is Cl.Cl.NCC/N=C1\CCC(C(F)(F)F)CN1. The van der Waals surface area contributed by atoms with E-state index in [2.05, 4.69) is 10.3 Å².